The molecule has 1 fully saturated rings. The Morgan fingerprint density at radius 1 is 1.25 bits per heavy atom. The average molecular weight is 296 g/mol. The van der Waals surface area contributed by atoms with Crippen molar-refractivity contribution in [2.45, 2.75) is 38.5 Å². The van der Waals surface area contributed by atoms with Gasteiger partial charge in [-0.05, 0) is 49.3 Å². The van der Waals surface area contributed by atoms with E-state index in [1.165, 1.54) is 0 Å². The molecular formula is C15H24N2O2S. The van der Waals surface area contributed by atoms with Gasteiger partial charge in [0.2, 0.25) is 10.0 Å². The van der Waals surface area contributed by atoms with Gasteiger partial charge in [0.25, 0.3) is 0 Å². The van der Waals surface area contributed by atoms with Gasteiger partial charge in [-0.2, -0.15) is 4.31 Å². The second kappa shape index (κ2) is 5.74. The number of benzene rings is 1. The van der Waals surface area contributed by atoms with Crippen molar-refractivity contribution in [3.63, 3.8) is 0 Å². The van der Waals surface area contributed by atoms with Crippen LogP contribution in [-0.2, 0) is 10.0 Å². The Kier molecular flexibility index (Phi) is 4.39. The first-order valence-corrected chi connectivity index (χ1v) is 8.63. The lowest BCUT2D eigenvalue weighted by atomic mass is 9.87. The molecule has 0 spiro atoms. The van der Waals surface area contributed by atoms with Crippen LogP contribution < -0.4 is 5.73 Å². The number of hydrogen-bond acceptors (Lipinski definition) is 3. The Bertz CT molecular complexity index is 574. The minimum Gasteiger partial charge on any atom is -0.398 e. The number of nitrogens with two attached hydrogens (primary N) is 1. The van der Waals surface area contributed by atoms with Crippen LogP contribution in [0.25, 0.3) is 0 Å². The average Bonchev–Trinajstić information content (AvgIpc) is 2.41. The van der Waals surface area contributed by atoms with Crippen LogP contribution in [0, 0.1) is 18.8 Å². The third-order valence-corrected chi connectivity index (χ3v) is 6.43. The van der Waals surface area contributed by atoms with Gasteiger partial charge < -0.3 is 5.73 Å². The van der Waals surface area contributed by atoms with E-state index in [4.69, 9.17) is 5.73 Å². The van der Waals surface area contributed by atoms with Crippen molar-refractivity contribution in [3.05, 3.63) is 23.8 Å². The van der Waals surface area contributed by atoms with Gasteiger partial charge in [-0.3, -0.25) is 0 Å². The molecular weight excluding hydrogens is 272 g/mol. The van der Waals surface area contributed by atoms with Crippen molar-refractivity contribution in [3.8, 4) is 0 Å². The molecule has 20 heavy (non-hydrogen) atoms. The quantitative estimate of drug-likeness (QED) is 0.872. The molecule has 112 valence electrons. The Labute approximate surface area is 122 Å². The summed E-state index contributed by atoms with van der Waals surface area (Å²) in [5, 5.41) is 0. The van der Waals surface area contributed by atoms with Crippen LogP contribution in [0.1, 0.15) is 32.3 Å². The van der Waals surface area contributed by atoms with E-state index in [9.17, 15) is 8.42 Å². The standard InChI is InChI=1S/C15H24N2O2S/c1-11(2)13-7-9-17(10-8-13)20(18,19)15-6-4-5-14(16)12(15)3/h4-6,11,13H,7-10,16H2,1-3H3. The first-order valence-electron chi connectivity index (χ1n) is 7.19. The lowest BCUT2D eigenvalue weighted by Crippen LogP contribution is -2.39. The zero-order valence-corrected chi connectivity index (χ0v) is 13.3. The van der Waals surface area contributed by atoms with E-state index >= 15 is 0 Å². The number of hydrogen-bond donors (Lipinski definition) is 1. The lowest BCUT2D eigenvalue weighted by molar-refractivity contribution is 0.226. The molecule has 1 aliphatic rings. The molecule has 0 aliphatic carbocycles. The Balaban J connectivity index is 2.22. The molecule has 1 heterocycles. The molecule has 1 aromatic rings. The van der Waals surface area contributed by atoms with E-state index < -0.39 is 10.0 Å². The predicted molar refractivity (Wildman–Crippen MR) is 81.9 cm³/mol. The maximum absolute atomic E-state index is 12.7. The number of rotatable bonds is 3. The van der Waals surface area contributed by atoms with Crippen molar-refractivity contribution >= 4 is 15.7 Å². The molecule has 2 N–H and O–H groups in total. The van der Waals surface area contributed by atoms with E-state index in [0.717, 1.165) is 12.8 Å². The minimum absolute atomic E-state index is 0.348. The molecule has 2 rings (SSSR count). The van der Waals surface area contributed by atoms with Crippen molar-refractivity contribution in [2.75, 3.05) is 18.8 Å². The van der Waals surface area contributed by atoms with Gasteiger partial charge in [0.1, 0.15) is 0 Å². The van der Waals surface area contributed by atoms with E-state index in [2.05, 4.69) is 13.8 Å². The molecule has 5 heteroatoms. The zero-order chi connectivity index (χ0) is 14.9. The van der Waals surface area contributed by atoms with Crippen molar-refractivity contribution in [2.24, 2.45) is 11.8 Å². The number of sulfonamides is 1. The second-order valence-electron chi connectivity index (χ2n) is 5.96. The highest BCUT2D eigenvalue weighted by molar-refractivity contribution is 7.89. The normalized spacial score (nSPS) is 18.6. The summed E-state index contributed by atoms with van der Waals surface area (Å²) in [7, 11) is -3.41. The summed E-state index contributed by atoms with van der Waals surface area (Å²) in [5.41, 5.74) is 7.01. The van der Waals surface area contributed by atoms with E-state index in [0.29, 0.717) is 41.1 Å². The smallest absolute Gasteiger partial charge is 0.243 e. The summed E-state index contributed by atoms with van der Waals surface area (Å²) in [6.45, 7) is 7.40. The topological polar surface area (TPSA) is 63.4 Å². The van der Waals surface area contributed by atoms with E-state index in [1.54, 1.807) is 29.4 Å². The second-order valence-corrected chi connectivity index (χ2v) is 7.86. The SMILES string of the molecule is Cc1c(N)cccc1S(=O)(=O)N1CCC(C(C)C)CC1. The van der Waals surface area contributed by atoms with Gasteiger partial charge in [0.05, 0.1) is 4.90 Å². The predicted octanol–water partition coefficient (Wildman–Crippen LogP) is 2.63. The molecule has 1 saturated heterocycles. The van der Waals surface area contributed by atoms with Gasteiger partial charge in [-0.1, -0.05) is 19.9 Å². The highest BCUT2D eigenvalue weighted by Gasteiger charge is 2.31. The number of nitrogen functional groups attached to an aromatic ring is 1. The maximum atomic E-state index is 12.7. The molecule has 0 saturated carbocycles. The minimum atomic E-state index is -3.41. The number of piperidine rings is 1. The summed E-state index contributed by atoms with van der Waals surface area (Å²) in [5.74, 6) is 1.25. The monoisotopic (exact) mass is 296 g/mol. The summed E-state index contributed by atoms with van der Waals surface area (Å²) in [6, 6.07) is 5.09. The first kappa shape index (κ1) is 15.3. The zero-order valence-electron chi connectivity index (χ0n) is 12.5. The van der Waals surface area contributed by atoms with E-state index in [-0.39, 0.29) is 0 Å². The van der Waals surface area contributed by atoms with Crippen LogP contribution in [0.3, 0.4) is 0 Å². The Morgan fingerprint density at radius 3 is 2.40 bits per heavy atom. The molecule has 4 nitrogen and oxygen atoms in total. The molecule has 0 aromatic heterocycles. The molecule has 1 aromatic carbocycles. The van der Waals surface area contributed by atoms with Crippen LogP contribution in [0.4, 0.5) is 5.69 Å². The third kappa shape index (κ3) is 2.83. The van der Waals surface area contributed by atoms with Crippen LogP contribution in [0.2, 0.25) is 0 Å². The third-order valence-electron chi connectivity index (χ3n) is 4.39. The molecule has 1 aliphatic heterocycles. The molecule has 0 unspecified atom stereocenters. The van der Waals surface area contributed by atoms with Crippen LogP contribution >= 0.6 is 0 Å². The fourth-order valence-corrected chi connectivity index (χ4v) is 4.56. The van der Waals surface area contributed by atoms with Crippen molar-refractivity contribution < 1.29 is 8.42 Å². The van der Waals surface area contributed by atoms with Crippen molar-refractivity contribution in [1.82, 2.24) is 4.31 Å². The largest absolute Gasteiger partial charge is 0.398 e. The van der Waals surface area contributed by atoms with E-state index in [1.807, 2.05) is 0 Å². The summed E-state index contributed by atoms with van der Waals surface area (Å²) in [4.78, 5) is 0.348. The fourth-order valence-electron chi connectivity index (χ4n) is 2.83. The Morgan fingerprint density at radius 2 is 1.85 bits per heavy atom. The summed E-state index contributed by atoms with van der Waals surface area (Å²) in [6.07, 6.45) is 1.89. The summed E-state index contributed by atoms with van der Waals surface area (Å²) < 4.78 is 27.0. The van der Waals surface area contributed by atoms with Crippen LogP contribution in [0.15, 0.2) is 23.1 Å². The highest BCUT2D eigenvalue weighted by atomic mass is 32.2. The summed E-state index contributed by atoms with van der Waals surface area (Å²) >= 11 is 0. The maximum Gasteiger partial charge on any atom is 0.243 e. The van der Waals surface area contributed by atoms with Gasteiger partial charge >= 0.3 is 0 Å². The lowest BCUT2D eigenvalue weighted by Gasteiger charge is -2.33. The Hall–Kier alpha value is -1.07. The highest BCUT2D eigenvalue weighted by Crippen LogP contribution is 2.30. The molecule has 0 bridgehead atoms. The van der Waals surface area contributed by atoms with Gasteiger partial charge in [-0.15, -0.1) is 0 Å². The molecule has 0 atom stereocenters. The van der Waals surface area contributed by atoms with Gasteiger partial charge in [0.15, 0.2) is 0 Å². The van der Waals surface area contributed by atoms with Crippen LogP contribution in [-0.4, -0.2) is 25.8 Å². The van der Waals surface area contributed by atoms with Crippen molar-refractivity contribution in [1.29, 1.82) is 0 Å². The first-order chi connectivity index (χ1) is 9.34. The number of nitrogens with zero attached hydrogens (tertiary/aromatic N) is 1. The van der Waals surface area contributed by atoms with Crippen LogP contribution in [0.5, 0.6) is 0 Å². The van der Waals surface area contributed by atoms with Gasteiger partial charge in [-0.25, -0.2) is 8.42 Å². The number of anilines is 1. The molecule has 0 amide bonds. The fraction of sp³-hybridized carbons (Fsp3) is 0.600. The van der Waals surface area contributed by atoms with Gasteiger partial charge in [0, 0.05) is 18.8 Å². The molecule has 0 radical (unpaired) electrons.